The fourth-order valence-electron chi connectivity index (χ4n) is 2.84. The van der Waals surface area contributed by atoms with Gasteiger partial charge in [0.1, 0.15) is 0 Å². The second kappa shape index (κ2) is 8.51. The molecule has 0 bridgehead atoms. The smallest absolute Gasteiger partial charge is 0.264 e. The predicted molar refractivity (Wildman–Crippen MR) is 118 cm³/mol. The van der Waals surface area contributed by atoms with Crippen molar-refractivity contribution in [3.8, 4) is 0 Å². The summed E-state index contributed by atoms with van der Waals surface area (Å²) >= 11 is 0. The summed E-state index contributed by atoms with van der Waals surface area (Å²) in [5.74, 6) is -0.510. The number of anilines is 2. The number of ketones is 1. The van der Waals surface area contributed by atoms with Crippen LogP contribution in [0.4, 0.5) is 11.4 Å². The van der Waals surface area contributed by atoms with Crippen LogP contribution in [0.1, 0.15) is 33.2 Å². The van der Waals surface area contributed by atoms with E-state index in [0.717, 1.165) is 5.56 Å². The minimum atomic E-state index is -3.83. The first-order valence-corrected chi connectivity index (χ1v) is 10.7. The van der Waals surface area contributed by atoms with Crippen molar-refractivity contribution in [2.75, 3.05) is 16.7 Å². The zero-order valence-electron chi connectivity index (χ0n) is 16.9. The fraction of sp³-hybridized carbons (Fsp3) is 0.130. The fourth-order valence-corrected chi connectivity index (χ4v) is 4.08. The summed E-state index contributed by atoms with van der Waals surface area (Å²) in [5, 5.41) is 2.71. The molecule has 7 heteroatoms. The molecule has 0 fully saturated rings. The Hall–Kier alpha value is -3.45. The van der Waals surface area contributed by atoms with E-state index in [2.05, 4.69) is 5.32 Å². The summed E-state index contributed by atoms with van der Waals surface area (Å²) in [6.07, 6.45) is 0. The molecule has 3 aromatic carbocycles. The highest BCUT2D eigenvalue weighted by Gasteiger charge is 2.22. The van der Waals surface area contributed by atoms with Crippen LogP contribution < -0.4 is 9.62 Å². The maximum atomic E-state index is 13.0. The van der Waals surface area contributed by atoms with Gasteiger partial charge in [-0.2, -0.15) is 0 Å². The lowest BCUT2D eigenvalue weighted by Crippen LogP contribution is -2.26. The van der Waals surface area contributed by atoms with Crippen LogP contribution in [0.2, 0.25) is 0 Å². The van der Waals surface area contributed by atoms with E-state index in [1.54, 1.807) is 42.5 Å². The Labute approximate surface area is 176 Å². The van der Waals surface area contributed by atoms with Gasteiger partial charge in [0.2, 0.25) is 0 Å². The van der Waals surface area contributed by atoms with E-state index in [4.69, 9.17) is 0 Å². The highest BCUT2D eigenvalue weighted by Crippen LogP contribution is 2.23. The van der Waals surface area contributed by atoms with Crippen LogP contribution in [0.15, 0.2) is 77.7 Å². The van der Waals surface area contributed by atoms with Crippen LogP contribution in [0.5, 0.6) is 0 Å². The largest absolute Gasteiger partial charge is 0.322 e. The molecule has 0 heterocycles. The quantitative estimate of drug-likeness (QED) is 0.601. The zero-order valence-corrected chi connectivity index (χ0v) is 17.7. The van der Waals surface area contributed by atoms with Crippen LogP contribution in [0.3, 0.4) is 0 Å². The van der Waals surface area contributed by atoms with E-state index in [1.165, 1.54) is 36.5 Å². The van der Waals surface area contributed by atoms with Crippen molar-refractivity contribution in [1.29, 1.82) is 0 Å². The number of rotatable bonds is 6. The molecule has 154 valence electrons. The first-order valence-electron chi connectivity index (χ1n) is 9.26. The summed E-state index contributed by atoms with van der Waals surface area (Å²) in [4.78, 5) is 24.0. The van der Waals surface area contributed by atoms with Crippen molar-refractivity contribution >= 4 is 33.1 Å². The van der Waals surface area contributed by atoms with E-state index in [0.29, 0.717) is 16.9 Å². The Bertz CT molecular complexity index is 1180. The van der Waals surface area contributed by atoms with Gasteiger partial charge < -0.3 is 5.32 Å². The van der Waals surface area contributed by atoms with Gasteiger partial charge in [-0.3, -0.25) is 13.9 Å². The molecular weight excluding hydrogens is 400 g/mol. The number of Topliss-reactive ketones (excluding diaryl/α,β-unsaturated/α-hetero) is 1. The van der Waals surface area contributed by atoms with Gasteiger partial charge in [0.05, 0.1) is 10.6 Å². The number of sulfonamides is 1. The Balaban J connectivity index is 1.83. The molecule has 0 spiro atoms. The van der Waals surface area contributed by atoms with Crippen LogP contribution in [0, 0.1) is 6.92 Å². The number of hydrogen-bond donors (Lipinski definition) is 1. The van der Waals surface area contributed by atoms with E-state index >= 15 is 0 Å². The summed E-state index contributed by atoms with van der Waals surface area (Å²) < 4.78 is 27.2. The minimum absolute atomic E-state index is 0.0187. The predicted octanol–water partition coefficient (Wildman–Crippen LogP) is 4.28. The van der Waals surface area contributed by atoms with Gasteiger partial charge in [0.15, 0.2) is 5.78 Å². The first kappa shape index (κ1) is 21.3. The Morgan fingerprint density at radius 1 is 0.867 bits per heavy atom. The normalized spacial score (nSPS) is 11.0. The number of nitrogens with zero attached hydrogens (tertiary/aromatic N) is 1. The molecule has 3 aromatic rings. The molecule has 30 heavy (non-hydrogen) atoms. The van der Waals surface area contributed by atoms with Gasteiger partial charge in [-0.05, 0) is 68.4 Å². The molecule has 0 aliphatic rings. The van der Waals surface area contributed by atoms with Crippen molar-refractivity contribution in [2.24, 2.45) is 0 Å². The van der Waals surface area contributed by atoms with Gasteiger partial charge in [0, 0.05) is 23.9 Å². The number of carbonyl (C=O) groups is 2. The summed E-state index contributed by atoms with van der Waals surface area (Å²) in [6, 6.07) is 19.5. The van der Waals surface area contributed by atoms with Crippen molar-refractivity contribution in [2.45, 2.75) is 18.7 Å². The number of carbonyl (C=O) groups excluding carboxylic acids is 2. The first-order chi connectivity index (χ1) is 14.2. The standard InChI is InChI=1S/C23H22N2O4S/c1-16-7-13-21(14-8-16)25(3)30(28,29)22-6-4-5-19(15-22)23(27)24-20-11-9-18(10-12-20)17(2)26/h4-15H,1-3H3,(H,24,27). The monoisotopic (exact) mass is 422 g/mol. The molecule has 0 saturated heterocycles. The number of amides is 1. The molecule has 0 radical (unpaired) electrons. The third-order valence-electron chi connectivity index (χ3n) is 4.70. The topological polar surface area (TPSA) is 83.5 Å². The average Bonchev–Trinajstić information content (AvgIpc) is 2.74. The van der Waals surface area contributed by atoms with Crippen LogP contribution in [-0.4, -0.2) is 27.2 Å². The molecule has 0 aromatic heterocycles. The second-order valence-electron chi connectivity index (χ2n) is 6.92. The molecule has 0 aliphatic carbocycles. The number of aryl methyl sites for hydroxylation is 1. The van der Waals surface area contributed by atoms with Gasteiger partial charge in [-0.25, -0.2) is 8.42 Å². The van der Waals surface area contributed by atoms with Crippen LogP contribution in [0.25, 0.3) is 0 Å². The van der Waals surface area contributed by atoms with Crippen molar-refractivity contribution in [3.63, 3.8) is 0 Å². The lowest BCUT2D eigenvalue weighted by molar-refractivity contribution is 0.101. The Kier molecular flexibility index (Phi) is 6.03. The Morgan fingerprint density at radius 2 is 1.50 bits per heavy atom. The summed E-state index contributed by atoms with van der Waals surface area (Å²) in [5.41, 5.74) is 2.82. The van der Waals surface area contributed by atoms with E-state index < -0.39 is 15.9 Å². The maximum absolute atomic E-state index is 13.0. The van der Waals surface area contributed by atoms with E-state index in [9.17, 15) is 18.0 Å². The molecule has 0 atom stereocenters. The SMILES string of the molecule is CC(=O)c1ccc(NC(=O)c2cccc(S(=O)(=O)N(C)c3ccc(C)cc3)c2)cc1. The zero-order chi connectivity index (χ0) is 21.9. The molecule has 0 aliphatic heterocycles. The van der Waals surface area contributed by atoms with Crippen LogP contribution in [-0.2, 0) is 10.0 Å². The van der Waals surface area contributed by atoms with Gasteiger partial charge in [0.25, 0.3) is 15.9 Å². The summed E-state index contributed by atoms with van der Waals surface area (Å²) in [6.45, 7) is 3.39. The average molecular weight is 423 g/mol. The van der Waals surface area contributed by atoms with E-state index in [1.807, 2.05) is 19.1 Å². The van der Waals surface area contributed by atoms with Crippen LogP contribution >= 0.6 is 0 Å². The maximum Gasteiger partial charge on any atom is 0.264 e. The molecular formula is C23H22N2O4S. The minimum Gasteiger partial charge on any atom is -0.322 e. The number of hydrogen-bond acceptors (Lipinski definition) is 4. The lowest BCUT2D eigenvalue weighted by atomic mass is 10.1. The molecule has 1 N–H and O–H groups in total. The third-order valence-corrected chi connectivity index (χ3v) is 6.48. The number of nitrogens with one attached hydrogen (secondary N) is 1. The van der Waals surface area contributed by atoms with Gasteiger partial charge in [-0.15, -0.1) is 0 Å². The second-order valence-corrected chi connectivity index (χ2v) is 8.89. The third kappa shape index (κ3) is 4.58. The van der Waals surface area contributed by atoms with Gasteiger partial charge in [-0.1, -0.05) is 23.8 Å². The van der Waals surface area contributed by atoms with Crippen molar-refractivity contribution in [1.82, 2.24) is 0 Å². The van der Waals surface area contributed by atoms with Gasteiger partial charge >= 0.3 is 0 Å². The molecule has 6 nitrogen and oxygen atoms in total. The lowest BCUT2D eigenvalue weighted by Gasteiger charge is -2.20. The van der Waals surface area contributed by atoms with Crippen molar-refractivity contribution < 1.29 is 18.0 Å². The molecule has 0 saturated carbocycles. The molecule has 1 amide bonds. The molecule has 0 unspecified atom stereocenters. The van der Waals surface area contributed by atoms with E-state index in [-0.39, 0.29) is 16.2 Å². The summed E-state index contributed by atoms with van der Waals surface area (Å²) in [7, 11) is -2.36. The number of benzene rings is 3. The van der Waals surface area contributed by atoms with Crippen molar-refractivity contribution in [3.05, 3.63) is 89.5 Å². The highest BCUT2D eigenvalue weighted by molar-refractivity contribution is 7.92. The Morgan fingerprint density at radius 3 is 2.10 bits per heavy atom. The molecule has 3 rings (SSSR count). The highest BCUT2D eigenvalue weighted by atomic mass is 32.2.